The minimum atomic E-state index is -0.299. The van der Waals surface area contributed by atoms with E-state index in [1.807, 2.05) is 7.05 Å². The van der Waals surface area contributed by atoms with E-state index in [9.17, 15) is 14.4 Å². The number of carbonyl (C=O) groups excluding carboxylic acids is 3. The highest BCUT2D eigenvalue weighted by Crippen LogP contribution is 2.24. The molecule has 0 saturated carbocycles. The summed E-state index contributed by atoms with van der Waals surface area (Å²) in [6.07, 6.45) is 0.844. The van der Waals surface area contributed by atoms with Crippen molar-refractivity contribution >= 4 is 30.1 Å². The Morgan fingerprint density at radius 3 is 2.26 bits per heavy atom. The van der Waals surface area contributed by atoms with Gasteiger partial charge in [-0.1, -0.05) is 24.3 Å². The van der Waals surface area contributed by atoms with Crippen molar-refractivity contribution in [1.82, 2.24) is 15.5 Å². The van der Waals surface area contributed by atoms with Gasteiger partial charge in [-0.2, -0.15) is 0 Å². The standard InChI is InChI=1S/C20H21N3O3.ClH/c1-21-10-5-11-22-18(24)15-7-4-6-14(12-15)13-23-19(25)16-8-2-3-9-17(16)20(23)26;/h2-4,6-9,12,21H,5,10-11,13H2,1H3,(H,22,24);1H. The van der Waals surface area contributed by atoms with E-state index in [4.69, 9.17) is 0 Å². The summed E-state index contributed by atoms with van der Waals surface area (Å²) in [5, 5.41) is 5.89. The van der Waals surface area contributed by atoms with Gasteiger partial charge in [-0.25, -0.2) is 0 Å². The van der Waals surface area contributed by atoms with Gasteiger partial charge in [0, 0.05) is 12.1 Å². The summed E-state index contributed by atoms with van der Waals surface area (Å²) in [5.74, 6) is -0.759. The Kier molecular flexibility index (Phi) is 7.10. The molecule has 0 bridgehead atoms. The van der Waals surface area contributed by atoms with Crippen LogP contribution < -0.4 is 10.6 Å². The third-order valence-corrected chi connectivity index (χ3v) is 4.30. The van der Waals surface area contributed by atoms with Gasteiger partial charge in [-0.15, -0.1) is 12.4 Å². The molecule has 0 aromatic heterocycles. The fraction of sp³-hybridized carbons (Fsp3) is 0.250. The van der Waals surface area contributed by atoms with Crippen LogP contribution in [0.2, 0.25) is 0 Å². The molecule has 1 heterocycles. The molecule has 0 atom stereocenters. The van der Waals surface area contributed by atoms with Gasteiger partial charge in [0.1, 0.15) is 0 Å². The second-order valence-corrected chi connectivity index (χ2v) is 6.16. The highest BCUT2D eigenvalue weighted by molar-refractivity contribution is 6.21. The van der Waals surface area contributed by atoms with Crippen LogP contribution in [0.3, 0.4) is 0 Å². The second-order valence-electron chi connectivity index (χ2n) is 6.16. The molecule has 2 aromatic rings. The number of hydrogen-bond donors (Lipinski definition) is 2. The summed E-state index contributed by atoms with van der Waals surface area (Å²) in [5.41, 5.74) is 2.11. The van der Waals surface area contributed by atoms with E-state index in [2.05, 4.69) is 10.6 Å². The number of fused-ring (bicyclic) bond motifs is 1. The molecule has 7 heteroatoms. The van der Waals surface area contributed by atoms with Crippen molar-refractivity contribution in [3.05, 3.63) is 70.8 Å². The number of nitrogens with one attached hydrogen (secondary N) is 2. The van der Waals surface area contributed by atoms with Crippen LogP contribution >= 0.6 is 12.4 Å². The van der Waals surface area contributed by atoms with Crippen molar-refractivity contribution < 1.29 is 14.4 Å². The van der Waals surface area contributed by atoms with Gasteiger partial charge in [0.15, 0.2) is 0 Å². The van der Waals surface area contributed by atoms with Crippen LogP contribution in [0.5, 0.6) is 0 Å². The van der Waals surface area contributed by atoms with Gasteiger partial charge < -0.3 is 10.6 Å². The summed E-state index contributed by atoms with van der Waals surface area (Å²) in [6, 6.07) is 13.8. The Labute approximate surface area is 164 Å². The quantitative estimate of drug-likeness (QED) is 0.564. The summed E-state index contributed by atoms with van der Waals surface area (Å²) in [6.45, 7) is 1.57. The molecule has 0 radical (unpaired) electrons. The Morgan fingerprint density at radius 1 is 0.963 bits per heavy atom. The van der Waals surface area contributed by atoms with Gasteiger partial charge in [0.2, 0.25) is 0 Å². The molecule has 3 amide bonds. The maximum atomic E-state index is 12.5. The van der Waals surface area contributed by atoms with E-state index in [1.54, 1.807) is 48.5 Å². The van der Waals surface area contributed by atoms with Gasteiger partial charge in [-0.05, 0) is 49.8 Å². The summed E-state index contributed by atoms with van der Waals surface area (Å²) in [4.78, 5) is 38.3. The van der Waals surface area contributed by atoms with E-state index >= 15 is 0 Å². The van der Waals surface area contributed by atoms with Gasteiger partial charge in [0.05, 0.1) is 17.7 Å². The van der Waals surface area contributed by atoms with E-state index < -0.39 is 0 Å². The minimum absolute atomic E-state index is 0. The molecule has 1 aliphatic heterocycles. The molecule has 142 valence electrons. The van der Waals surface area contributed by atoms with E-state index in [0.717, 1.165) is 18.5 Å². The van der Waals surface area contributed by atoms with Crippen molar-refractivity contribution in [3.8, 4) is 0 Å². The first-order valence-corrected chi connectivity index (χ1v) is 8.59. The zero-order chi connectivity index (χ0) is 18.5. The van der Waals surface area contributed by atoms with Crippen molar-refractivity contribution in [2.75, 3.05) is 20.1 Å². The third kappa shape index (κ3) is 4.53. The van der Waals surface area contributed by atoms with Gasteiger partial charge in [-0.3, -0.25) is 19.3 Å². The number of rotatable bonds is 7. The molecule has 0 spiro atoms. The Morgan fingerprint density at radius 2 is 1.63 bits per heavy atom. The number of carbonyl (C=O) groups is 3. The minimum Gasteiger partial charge on any atom is -0.352 e. The maximum absolute atomic E-state index is 12.5. The summed E-state index contributed by atoms with van der Waals surface area (Å²) < 4.78 is 0. The van der Waals surface area contributed by atoms with Crippen LogP contribution in [-0.2, 0) is 6.54 Å². The van der Waals surface area contributed by atoms with Gasteiger partial charge in [0.25, 0.3) is 17.7 Å². The summed E-state index contributed by atoms with van der Waals surface area (Å²) in [7, 11) is 1.87. The fourth-order valence-electron chi connectivity index (χ4n) is 2.95. The highest BCUT2D eigenvalue weighted by atomic mass is 35.5. The number of benzene rings is 2. The van der Waals surface area contributed by atoms with Crippen molar-refractivity contribution in [1.29, 1.82) is 0 Å². The molecule has 0 aliphatic carbocycles. The van der Waals surface area contributed by atoms with Crippen LogP contribution in [0.15, 0.2) is 48.5 Å². The number of hydrogen-bond acceptors (Lipinski definition) is 4. The lowest BCUT2D eigenvalue weighted by Gasteiger charge is -2.14. The molecule has 1 aliphatic rings. The van der Waals surface area contributed by atoms with Crippen molar-refractivity contribution in [2.45, 2.75) is 13.0 Å². The van der Waals surface area contributed by atoms with Gasteiger partial charge >= 0.3 is 0 Å². The van der Waals surface area contributed by atoms with E-state index in [1.165, 1.54) is 4.90 Å². The lowest BCUT2D eigenvalue weighted by atomic mass is 10.1. The van der Waals surface area contributed by atoms with Crippen LogP contribution in [0.1, 0.15) is 43.1 Å². The van der Waals surface area contributed by atoms with Crippen molar-refractivity contribution in [2.24, 2.45) is 0 Å². The third-order valence-electron chi connectivity index (χ3n) is 4.30. The van der Waals surface area contributed by atoms with Crippen LogP contribution in [-0.4, -0.2) is 42.8 Å². The first-order valence-electron chi connectivity index (χ1n) is 8.59. The number of amides is 3. The molecule has 0 fully saturated rings. The molecule has 0 saturated heterocycles. The molecule has 27 heavy (non-hydrogen) atoms. The van der Waals surface area contributed by atoms with E-state index in [-0.39, 0.29) is 36.7 Å². The highest BCUT2D eigenvalue weighted by Gasteiger charge is 2.34. The predicted octanol–water partition coefficient (Wildman–Crippen LogP) is 2.24. The molecule has 2 N–H and O–H groups in total. The monoisotopic (exact) mass is 387 g/mol. The Balaban J connectivity index is 0.00000261. The maximum Gasteiger partial charge on any atom is 0.261 e. The number of imide groups is 1. The van der Waals surface area contributed by atoms with E-state index in [0.29, 0.717) is 23.2 Å². The SMILES string of the molecule is CNCCCNC(=O)c1cccc(CN2C(=O)c3ccccc3C2=O)c1.Cl. The number of nitrogens with zero attached hydrogens (tertiary/aromatic N) is 1. The average molecular weight is 388 g/mol. The normalized spacial score (nSPS) is 12.6. The Bertz CT molecular complexity index is 819. The first kappa shape index (κ1) is 20.6. The average Bonchev–Trinajstić information content (AvgIpc) is 2.91. The van der Waals surface area contributed by atoms with Crippen LogP contribution in [0, 0.1) is 0 Å². The summed E-state index contributed by atoms with van der Waals surface area (Å²) >= 11 is 0. The van der Waals surface area contributed by atoms with Crippen LogP contribution in [0.25, 0.3) is 0 Å². The first-order chi connectivity index (χ1) is 12.6. The molecular weight excluding hydrogens is 366 g/mol. The number of halogens is 1. The molecular formula is C20H22ClN3O3. The predicted molar refractivity (Wildman–Crippen MR) is 105 cm³/mol. The zero-order valence-electron chi connectivity index (χ0n) is 15.0. The zero-order valence-corrected chi connectivity index (χ0v) is 15.8. The largest absolute Gasteiger partial charge is 0.352 e. The Hall–Kier alpha value is -2.70. The topological polar surface area (TPSA) is 78.5 Å². The molecule has 2 aromatic carbocycles. The lowest BCUT2D eigenvalue weighted by Crippen LogP contribution is -2.29. The molecule has 6 nitrogen and oxygen atoms in total. The lowest BCUT2D eigenvalue weighted by molar-refractivity contribution is 0.0642. The fourth-order valence-corrected chi connectivity index (χ4v) is 2.95. The smallest absolute Gasteiger partial charge is 0.261 e. The van der Waals surface area contributed by atoms with Crippen molar-refractivity contribution in [3.63, 3.8) is 0 Å². The van der Waals surface area contributed by atoms with Crippen LogP contribution in [0.4, 0.5) is 0 Å². The molecule has 3 rings (SSSR count). The second kappa shape index (κ2) is 9.30. The molecule has 0 unspecified atom stereocenters.